The van der Waals surface area contributed by atoms with Crippen LogP contribution in [0, 0.1) is 11.6 Å². The molecule has 0 unspecified atom stereocenters. The Morgan fingerprint density at radius 2 is 1.88 bits per heavy atom. The maximum atomic E-state index is 14.2. The second kappa shape index (κ2) is 6.46. The number of nitrogens with zero attached hydrogens (tertiary/aromatic N) is 2. The van der Waals surface area contributed by atoms with Gasteiger partial charge in [-0.3, -0.25) is 15.2 Å². The Morgan fingerprint density at radius 1 is 1.17 bits per heavy atom. The Bertz CT molecular complexity index is 876. The largest absolute Gasteiger partial charge is 0.289 e. The molecule has 5 nitrogen and oxygen atoms in total. The van der Waals surface area contributed by atoms with Crippen LogP contribution in [0.15, 0.2) is 40.3 Å². The first-order chi connectivity index (χ1) is 11.5. The normalized spacial score (nSPS) is 13.1. The Morgan fingerprint density at radius 3 is 2.54 bits per heavy atom. The number of carbonyl (C=O) groups excluding carboxylic acids is 1. The van der Waals surface area contributed by atoms with Crippen molar-refractivity contribution in [3.8, 4) is 11.1 Å². The average Bonchev–Trinajstić information content (AvgIpc) is 2.78. The number of nitrogens with one attached hydrogen (secondary N) is 1. The zero-order chi connectivity index (χ0) is 17.3. The van der Waals surface area contributed by atoms with Gasteiger partial charge in [0, 0.05) is 22.4 Å². The lowest BCUT2D eigenvalue weighted by molar-refractivity contribution is -0.114. The van der Waals surface area contributed by atoms with Gasteiger partial charge in [0.15, 0.2) is 0 Å². The van der Waals surface area contributed by atoms with Crippen LogP contribution < -0.4 is 11.3 Å². The molecule has 1 heterocycles. The number of halogens is 3. The van der Waals surface area contributed by atoms with Gasteiger partial charge in [0.25, 0.3) is 5.91 Å². The molecule has 24 heavy (non-hydrogen) atoms. The van der Waals surface area contributed by atoms with Crippen LogP contribution in [-0.4, -0.2) is 24.4 Å². The summed E-state index contributed by atoms with van der Waals surface area (Å²) in [6, 6.07) is 6.54. The molecular weight excluding hydrogens is 338 g/mol. The molecule has 1 amide bonds. The maximum absolute atomic E-state index is 14.2. The number of nitrogens with two attached hydrogens (primary N) is 1. The highest BCUT2D eigenvalue weighted by Gasteiger charge is 2.22. The second-order valence-corrected chi connectivity index (χ2v) is 5.36. The fourth-order valence-corrected chi connectivity index (χ4v) is 2.67. The van der Waals surface area contributed by atoms with Gasteiger partial charge < -0.3 is 0 Å². The molecule has 3 N–H and O–H groups in total. The van der Waals surface area contributed by atoms with E-state index in [9.17, 15) is 13.6 Å². The van der Waals surface area contributed by atoms with Gasteiger partial charge in [-0.05, 0) is 24.3 Å². The predicted octanol–water partition coefficient (Wildman–Crippen LogP) is 2.78. The summed E-state index contributed by atoms with van der Waals surface area (Å²) < 4.78 is 28.4. The van der Waals surface area contributed by atoms with E-state index >= 15 is 0 Å². The molecule has 0 saturated carbocycles. The molecule has 1 aliphatic heterocycles. The van der Waals surface area contributed by atoms with Crippen molar-refractivity contribution in [1.82, 2.24) is 5.43 Å². The summed E-state index contributed by atoms with van der Waals surface area (Å²) in [6.07, 6.45) is 1.39. The molecule has 2 aromatic carbocycles. The number of aliphatic imine (C=N–C) groups is 2. The minimum absolute atomic E-state index is 0.0193. The fraction of sp³-hybridized carbons (Fsp3) is 0.0625. The van der Waals surface area contributed by atoms with Crippen molar-refractivity contribution in [2.75, 3.05) is 6.54 Å². The van der Waals surface area contributed by atoms with Crippen LogP contribution in [0.2, 0.25) is 5.02 Å². The minimum Gasteiger partial charge on any atom is -0.289 e. The molecule has 2 aromatic rings. The molecule has 0 bridgehead atoms. The van der Waals surface area contributed by atoms with Crippen LogP contribution in [0.3, 0.4) is 0 Å². The molecule has 0 fully saturated rings. The molecule has 0 aliphatic carbocycles. The zero-order valence-electron chi connectivity index (χ0n) is 12.2. The van der Waals surface area contributed by atoms with E-state index in [1.54, 1.807) is 6.07 Å². The van der Waals surface area contributed by atoms with E-state index in [4.69, 9.17) is 17.4 Å². The first-order valence-electron chi connectivity index (χ1n) is 6.88. The van der Waals surface area contributed by atoms with Gasteiger partial charge in [-0.1, -0.05) is 17.7 Å². The number of hydrazine groups is 1. The smallest absolute Gasteiger partial charge is 0.281 e. The highest BCUT2D eigenvalue weighted by atomic mass is 35.5. The number of hydrogen-bond acceptors (Lipinski definition) is 4. The third-order valence-corrected chi connectivity index (χ3v) is 3.81. The summed E-state index contributed by atoms with van der Waals surface area (Å²) in [5, 5.41) is 0.145. The Kier molecular flexibility index (Phi) is 4.37. The minimum atomic E-state index is -0.758. The number of hydrogen-bond donors (Lipinski definition) is 2. The molecule has 0 aromatic heterocycles. The third-order valence-electron chi connectivity index (χ3n) is 3.49. The fourth-order valence-electron chi connectivity index (χ4n) is 2.41. The molecule has 0 spiro atoms. The number of benzene rings is 2. The molecule has 122 valence electrons. The predicted molar refractivity (Wildman–Crippen MR) is 88.7 cm³/mol. The van der Waals surface area contributed by atoms with Gasteiger partial charge in [-0.15, -0.1) is 0 Å². The van der Waals surface area contributed by atoms with Crippen molar-refractivity contribution in [3.05, 3.63) is 52.6 Å². The molecule has 1 aliphatic rings. The SMILES string of the molecule is NNC(=O)C1=Nc2ccc(Cl)c(-c3c(F)cccc3F)c2C=NC1. The van der Waals surface area contributed by atoms with Crippen molar-refractivity contribution in [3.63, 3.8) is 0 Å². The number of carbonyl (C=O) groups is 1. The van der Waals surface area contributed by atoms with Crippen molar-refractivity contribution in [1.29, 1.82) is 0 Å². The summed E-state index contributed by atoms with van der Waals surface area (Å²) in [5.74, 6) is 3.00. The van der Waals surface area contributed by atoms with Crippen molar-refractivity contribution in [2.24, 2.45) is 15.8 Å². The van der Waals surface area contributed by atoms with Gasteiger partial charge in [-0.2, -0.15) is 0 Å². The number of amides is 1. The number of rotatable bonds is 2. The molecular formula is C16H11ClF2N4O. The van der Waals surface area contributed by atoms with E-state index < -0.39 is 17.5 Å². The molecule has 0 atom stereocenters. The summed E-state index contributed by atoms with van der Waals surface area (Å²) in [5.41, 5.74) is 2.56. The summed E-state index contributed by atoms with van der Waals surface area (Å²) in [6.45, 7) is -0.0193. The summed E-state index contributed by atoms with van der Waals surface area (Å²) >= 11 is 6.18. The van der Waals surface area contributed by atoms with Crippen molar-refractivity contribution < 1.29 is 13.6 Å². The van der Waals surface area contributed by atoms with Gasteiger partial charge in [-0.25, -0.2) is 19.6 Å². The lowest BCUT2D eigenvalue weighted by Gasteiger charge is -2.12. The van der Waals surface area contributed by atoms with E-state index in [0.29, 0.717) is 11.3 Å². The third kappa shape index (κ3) is 2.79. The Labute approximate surface area is 140 Å². The zero-order valence-corrected chi connectivity index (χ0v) is 12.9. The van der Waals surface area contributed by atoms with E-state index in [1.165, 1.54) is 18.3 Å². The van der Waals surface area contributed by atoms with E-state index in [0.717, 1.165) is 12.1 Å². The lowest BCUT2D eigenvalue weighted by Crippen LogP contribution is -2.37. The summed E-state index contributed by atoms with van der Waals surface area (Å²) in [4.78, 5) is 19.9. The average molecular weight is 349 g/mol. The first kappa shape index (κ1) is 16.2. The first-order valence-corrected chi connectivity index (χ1v) is 7.26. The highest BCUT2D eigenvalue weighted by Crippen LogP contribution is 2.39. The second-order valence-electron chi connectivity index (χ2n) is 4.95. The standard InChI is InChI=1S/C16H11ClF2N4O/c17-9-4-5-12-8(6-21-7-13(22-12)16(24)23-20)14(9)15-10(18)2-1-3-11(15)19/h1-6H,7,20H2,(H,23,24). The van der Waals surface area contributed by atoms with E-state index in [2.05, 4.69) is 9.98 Å². The van der Waals surface area contributed by atoms with Gasteiger partial charge in [0.1, 0.15) is 17.3 Å². The van der Waals surface area contributed by atoms with Gasteiger partial charge >= 0.3 is 0 Å². The van der Waals surface area contributed by atoms with Crippen LogP contribution >= 0.6 is 11.6 Å². The highest BCUT2D eigenvalue weighted by molar-refractivity contribution is 6.41. The molecule has 8 heteroatoms. The van der Waals surface area contributed by atoms with Crippen LogP contribution in [0.25, 0.3) is 11.1 Å². The van der Waals surface area contributed by atoms with Crippen molar-refractivity contribution in [2.45, 2.75) is 0 Å². The van der Waals surface area contributed by atoms with Gasteiger partial charge in [0.2, 0.25) is 0 Å². The van der Waals surface area contributed by atoms with E-state index in [-0.39, 0.29) is 28.4 Å². The Hall–Kier alpha value is -2.64. The van der Waals surface area contributed by atoms with Crippen LogP contribution in [0.4, 0.5) is 14.5 Å². The topological polar surface area (TPSA) is 79.8 Å². The quantitative estimate of drug-likeness (QED) is 0.497. The molecule has 3 rings (SSSR count). The summed E-state index contributed by atoms with van der Waals surface area (Å²) in [7, 11) is 0. The number of fused-ring (bicyclic) bond motifs is 1. The monoisotopic (exact) mass is 348 g/mol. The van der Waals surface area contributed by atoms with Crippen LogP contribution in [0.5, 0.6) is 0 Å². The Balaban J connectivity index is 2.28. The maximum Gasteiger partial charge on any atom is 0.281 e. The lowest BCUT2D eigenvalue weighted by atomic mass is 9.97. The van der Waals surface area contributed by atoms with Crippen molar-refractivity contribution >= 4 is 35.1 Å². The van der Waals surface area contributed by atoms with Crippen LogP contribution in [-0.2, 0) is 4.79 Å². The molecule has 0 saturated heterocycles. The van der Waals surface area contributed by atoms with Crippen LogP contribution in [0.1, 0.15) is 5.56 Å². The molecule has 0 radical (unpaired) electrons. The van der Waals surface area contributed by atoms with Gasteiger partial charge in [0.05, 0.1) is 17.8 Å². The van der Waals surface area contributed by atoms with E-state index in [1.807, 2.05) is 5.43 Å².